The highest BCUT2D eigenvalue weighted by Gasteiger charge is 2.13. The molecular formula is C13H13NO4. The van der Waals surface area contributed by atoms with E-state index in [-0.39, 0.29) is 6.42 Å². The second-order valence-electron chi connectivity index (χ2n) is 3.82. The average molecular weight is 247 g/mol. The van der Waals surface area contributed by atoms with Gasteiger partial charge >= 0.3 is 0 Å². The van der Waals surface area contributed by atoms with Crippen LogP contribution in [0, 0.1) is 0 Å². The lowest BCUT2D eigenvalue weighted by Crippen LogP contribution is -2.28. The van der Waals surface area contributed by atoms with E-state index in [4.69, 9.17) is 9.47 Å². The van der Waals surface area contributed by atoms with Gasteiger partial charge in [0.2, 0.25) is 5.52 Å². The van der Waals surface area contributed by atoms with E-state index in [1.54, 1.807) is 19.2 Å². The number of carboxylic acid groups (broad SMARTS) is 1. The third-order valence-electron chi connectivity index (χ3n) is 2.65. The second-order valence-corrected chi connectivity index (χ2v) is 3.82. The SMILES string of the molecule is COc1ccc2[nH+]c(CC(=O)[O-])cc(OC)c2c1. The number of hydrogen-bond acceptors (Lipinski definition) is 4. The number of carbonyl (C=O) groups is 1. The second kappa shape index (κ2) is 4.91. The smallest absolute Gasteiger partial charge is 0.215 e. The van der Waals surface area contributed by atoms with Gasteiger partial charge in [-0.05, 0) is 12.1 Å². The molecule has 1 heterocycles. The van der Waals surface area contributed by atoms with Crippen LogP contribution < -0.4 is 19.6 Å². The van der Waals surface area contributed by atoms with Gasteiger partial charge in [-0.3, -0.25) is 0 Å². The minimum absolute atomic E-state index is 0.182. The summed E-state index contributed by atoms with van der Waals surface area (Å²) in [6, 6.07) is 7.08. The van der Waals surface area contributed by atoms with E-state index in [1.165, 1.54) is 7.11 Å². The predicted molar refractivity (Wildman–Crippen MR) is 62.3 cm³/mol. The van der Waals surface area contributed by atoms with Crippen molar-refractivity contribution in [3.8, 4) is 11.5 Å². The van der Waals surface area contributed by atoms with Crippen LogP contribution >= 0.6 is 0 Å². The van der Waals surface area contributed by atoms with Gasteiger partial charge in [-0.15, -0.1) is 0 Å². The van der Waals surface area contributed by atoms with Crippen LogP contribution in [0.5, 0.6) is 11.5 Å². The first-order chi connectivity index (χ1) is 8.63. The molecule has 0 radical (unpaired) electrons. The van der Waals surface area contributed by atoms with Gasteiger partial charge in [-0.1, -0.05) is 0 Å². The molecule has 1 aromatic carbocycles. The Morgan fingerprint density at radius 2 is 2.06 bits per heavy atom. The Balaban J connectivity index is 2.59. The number of pyridine rings is 1. The van der Waals surface area contributed by atoms with Crippen LogP contribution in [0.4, 0.5) is 0 Å². The molecular weight excluding hydrogens is 234 g/mol. The third-order valence-corrected chi connectivity index (χ3v) is 2.65. The minimum atomic E-state index is -1.14. The normalized spacial score (nSPS) is 10.3. The summed E-state index contributed by atoms with van der Waals surface area (Å²) in [5.41, 5.74) is 1.32. The highest BCUT2D eigenvalue weighted by molar-refractivity contribution is 5.84. The molecule has 0 saturated heterocycles. The summed E-state index contributed by atoms with van der Waals surface area (Å²) in [5, 5.41) is 11.4. The lowest BCUT2D eigenvalue weighted by Gasteiger charge is -2.06. The number of nitrogens with one attached hydrogen (secondary N) is 1. The fourth-order valence-corrected chi connectivity index (χ4v) is 1.83. The van der Waals surface area contributed by atoms with Crippen LogP contribution in [0.2, 0.25) is 0 Å². The molecule has 5 heteroatoms. The topological polar surface area (TPSA) is 72.7 Å². The molecule has 0 aliphatic heterocycles. The number of carbonyl (C=O) groups excluding carboxylic acids is 1. The zero-order valence-corrected chi connectivity index (χ0v) is 10.1. The fraction of sp³-hybridized carbons (Fsp3) is 0.231. The summed E-state index contributed by atoms with van der Waals surface area (Å²) < 4.78 is 10.4. The number of ether oxygens (including phenoxy) is 2. The minimum Gasteiger partial charge on any atom is -0.550 e. The average Bonchev–Trinajstić information content (AvgIpc) is 2.36. The Hall–Kier alpha value is -2.30. The van der Waals surface area contributed by atoms with Crippen molar-refractivity contribution in [3.63, 3.8) is 0 Å². The summed E-state index contributed by atoms with van der Waals surface area (Å²) in [4.78, 5) is 13.6. The van der Waals surface area contributed by atoms with Gasteiger partial charge in [0, 0.05) is 12.1 Å². The van der Waals surface area contributed by atoms with E-state index in [2.05, 4.69) is 4.98 Å². The van der Waals surface area contributed by atoms with Crippen molar-refractivity contribution >= 4 is 16.9 Å². The van der Waals surface area contributed by atoms with Gasteiger partial charge in [-0.25, -0.2) is 4.98 Å². The van der Waals surface area contributed by atoms with Gasteiger partial charge in [-0.2, -0.15) is 0 Å². The van der Waals surface area contributed by atoms with E-state index >= 15 is 0 Å². The number of hydrogen-bond donors (Lipinski definition) is 0. The monoisotopic (exact) mass is 247 g/mol. The highest BCUT2D eigenvalue weighted by Crippen LogP contribution is 2.27. The highest BCUT2D eigenvalue weighted by atomic mass is 16.5. The maximum Gasteiger partial charge on any atom is 0.215 e. The van der Waals surface area contributed by atoms with Crippen molar-refractivity contribution in [2.75, 3.05) is 14.2 Å². The van der Waals surface area contributed by atoms with Crippen molar-refractivity contribution in [2.24, 2.45) is 0 Å². The largest absolute Gasteiger partial charge is 0.550 e. The molecule has 1 N–H and O–H groups in total. The number of carboxylic acids is 1. The fourth-order valence-electron chi connectivity index (χ4n) is 1.83. The number of aromatic amines is 1. The summed E-state index contributed by atoms with van der Waals surface area (Å²) in [6.07, 6.45) is -0.182. The molecule has 2 rings (SSSR count). The molecule has 0 unspecified atom stereocenters. The van der Waals surface area contributed by atoms with Crippen LogP contribution in [0.1, 0.15) is 5.69 Å². The first-order valence-electron chi connectivity index (χ1n) is 5.41. The third kappa shape index (κ3) is 2.34. The number of rotatable bonds is 4. The predicted octanol–water partition coefficient (Wildman–Crippen LogP) is -0.0365. The quantitative estimate of drug-likeness (QED) is 0.760. The van der Waals surface area contributed by atoms with Gasteiger partial charge in [0.1, 0.15) is 11.5 Å². The van der Waals surface area contributed by atoms with Gasteiger partial charge in [0.05, 0.1) is 32.0 Å². The first-order valence-corrected chi connectivity index (χ1v) is 5.41. The van der Waals surface area contributed by atoms with Crippen LogP contribution in [-0.4, -0.2) is 20.2 Å². The Kier molecular flexibility index (Phi) is 3.32. The molecule has 0 amide bonds. The Morgan fingerprint density at radius 3 is 2.67 bits per heavy atom. The molecule has 0 bridgehead atoms. The van der Waals surface area contributed by atoms with E-state index in [9.17, 15) is 9.90 Å². The summed E-state index contributed by atoms with van der Waals surface area (Å²) in [7, 11) is 3.12. The summed E-state index contributed by atoms with van der Waals surface area (Å²) in [5.74, 6) is 0.168. The summed E-state index contributed by atoms with van der Waals surface area (Å²) in [6.45, 7) is 0. The van der Waals surface area contributed by atoms with Crippen molar-refractivity contribution in [1.82, 2.24) is 0 Å². The van der Waals surface area contributed by atoms with Gasteiger partial charge in [0.25, 0.3) is 0 Å². The van der Waals surface area contributed by atoms with E-state index in [0.717, 1.165) is 10.9 Å². The number of methoxy groups -OCH3 is 2. The molecule has 0 atom stereocenters. The molecule has 94 valence electrons. The van der Waals surface area contributed by atoms with Crippen LogP contribution in [-0.2, 0) is 11.2 Å². The van der Waals surface area contributed by atoms with Crippen molar-refractivity contribution in [3.05, 3.63) is 30.0 Å². The first kappa shape index (κ1) is 12.2. The van der Waals surface area contributed by atoms with Crippen LogP contribution in [0.25, 0.3) is 10.9 Å². The molecule has 0 saturated carbocycles. The zero-order chi connectivity index (χ0) is 13.1. The maximum absolute atomic E-state index is 10.6. The molecule has 0 fully saturated rings. The summed E-state index contributed by atoms with van der Waals surface area (Å²) >= 11 is 0. The Labute approximate surface area is 104 Å². The van der Waals surface area contributed by atoms with E-state index in [1.807, 2.05) is 12.1 Å². The van der Waals surface area contributed by atoms with Crippen molar-refractivity contribution in [2.45, 2.75) is 6.42 Å². The number of fused-ring (bicyclic) bond motifs is 1. The van der Waals surface area contributed by atoms with E-state index in [0.29, 0.717) is 17.2 Å². The van der Waals surface area contributed by atoms with Gasteiger partial charge in [0.15, 0.2) is 5.69 Å². The van der Waals surface area contributed by atoms with Crippen LogP contribution in [0.3, 0.4) is 0 Å². The standard InChI is InChI=1S/C13H13NO4/c1-17-9-3-4-11-10(7-9)12(18-2)5-8(14-11)6-13(15)16/h3-5,7H,6H2,1-2H3,(H,15,16). The van der Waals surface area contributed by atoms with Crippen molar-refractivity contribution < 1.29 is 24.4 Å². The number of aliphatic carboxylic acids is 1. The van der Waals surface area contributed by atoms with E-state index < -0.39 is 5.97 Å². The Bertz CT molecular complexity index is 595. The lowest BCUT2D eigenvalue weighted by molar-refractivity contribution is -0.362. The Morgan fingerprint density at radius 1 is 1.28 bits per heavy atom. The lowest BCUT2D eigenvalue weighted by atomic mass is 10.1. The maximum atomic E-state index is 10.6. The molecule has 5 nitrogen and oxygen atoms in total. The zero-order valence-electron chi connectivity index (χ0n) is 10.1. The molecule has 18 heavy (non-hydrogen) atoms. The molecule has 1 aromatic heterocycles. The van der Waals surface area contributed by atoms with Crippen LogP contribution in [0.15, 0.2) is 24.3 Å². The number of H-pyrrole nitrogens is 1. The molecule has 0 aliphatic rings. The molecule has 2 aromatic rings. The van der Waals surface area contributed by atoms with Gasteiger partial charge < -0.3 is 19.4 Å². The molecule has 0 spiro atoms. The number of benzene rings is 1. The number of aromatic nitrogens is 1. The van der Waals surface area contributed by atoms with Crippen molar-refractivity contribution in [1.29, 1.82) is 0 Å². The molecule has 0 aliphatic carbocycles.